The number of fused-ring (bicyclic) bond motifs is 1. The molecule has 68 heavy (non-hydrogen) atoms. The number of pyridine rings is 1. The van der Waals surface area contributed by atoms with Crippen LogP contribution >= 0.6 is 11.6 Å². The summed E-state index contributed by atoms with van der Waals surface area (Å²) < 4.78 is 20.4. The van der Waals surface area contributed by atoms with Crippen molar-refractivity contribution in [2.75, 3.05) is 43.1 Å². The number of benzene rings is 3. The topological polar surface area (TPSA) is 171 Å². The quantitative estimate of drug-likeness (QED) is 0.101. The van der Waals surface area contributed by atoms with Gasteiger partial charge in [0.2, 0.25) is 0 Å². The van der Waals surface area contributed by atoms with E-state index in [4.69, 9.17) is 25.8 Å². The highest BCUT2D eigenvalue weighted by atomic mass is 35.5. The average molecular weight is 940 g/mol. The summed E-state index contributed by atoms with van der Waals surface area (Å²) >= 11 is 6.27. The summed E-state index contributed by atoms with van der Waals surface area (Å²) in [6, 6.07) is 20.5. The molecule has 2 aliphatic heterocycles. The lowest BCUT2D eigenvalue weighted by atomic mass is 9.49. The molecule has 2 saturated heterocycles. The second kappa shape index (κ2) is 17.8. The first-order valence-corrected chi connectivity index (χ1v) is 23.6. The number of aromatic amines is 1. The number of aryl methyl sites for hydroxylation is 1. The van der Waals surface area contributed by atoms with Crippen LogP contribution < -0.4 is 34.9 Å². The van der Waals surface area contributed by atoms with Gasteiger partial charge in [0.1, 0.15) is 40.7 Å². The normalized spacial score (nSPS) is 19.2. The molecule has 6 aromatic rings. The minimum Gasteiger partial charge on any atom is -0.493 e. The van der Waals surface area contributed by atoms with Crippen LogP contribution in [-0.2, 0) is 12.6 Å². The van der Waals surface area contributed by atoms with Crippen molar-refractivity contribution >= 4 is 39.9 Å². The number of hydrogen-bond acceptors (Lipinski definition) is 11. The molecule has 354 valence electrons. The number of carbonyl (C=O) groups excluding carboxylic acids is 1. The molecule has 0 atom stereocenters. The van der Waals surface area contributed by atoms with Crippen LogP contribution in [0.2, 0.25) is 5.02 Å². The number of nitrogens with zero attached hydrogens (tertiary/aromatic N) is 6. The molecule has 1 aliphatic carbocycles. The van der Waals surface area contributed by atoms with Gasteiger partial charge in [-0.2, -0.15) is 5.26 Å². The van der Waals surface area contributed by atoms with E-state index in [1.165, 1.54) is 0 Å². The fourth-order valence-electron chi connectivity index (χ4n) is 11.0. The number of nitriles is 1. The molecule has 1 saturated carbocycles. The van der Waals surface area contributed by atoms with Crippen LogP contribution in [0.3, 0.4) is 0 Å². The number of anilines is 2. The number of carbonyl (C=O) groups is 1. The maximum Gasteiger partial charge on any atom is 0.274 e. The zero-order valence-electron chi connectivity index (χ0n) is 39.9. The van der Waals surface area contributed by atoms with Crippen LogP contribution in [0.1, 0.15) is 82.4 Å². The van der Waals surface area contributed by atoms with E-state index in [1.54, 1.807) is 75.6 Å². The molecule has 0 spiro atoms. The molecule has 0 radical (unpaired) electrons. The van der Waals surface area contributed by atoms with Crippen molar-refractivity contribution in [1.82, 2.24) is 24.8 Å². The first-order chi connectivity index (χ1) is 32.3. The van der Waals surface area contributed by atoms with Gasteiger partial charge in [0.05, 0.1) is 35.7 Å². The number of halogens is 1. The van der Waals surface area contributed by atoms with Gasteiger partial charge in [-0.1, -0.05) is 45.4 Å². The third-order valence-corrected chi connectivity index (χ3v) is 14.8. The Morgan fingerprint density at radius 2 is 1.68 bits per heavy atom. The van der Waals surface area contributed by atoms with Gasteiger partial charge in [-0.15, -0.1) is 0 Å². The van der Waals surface area contributed by atoms with Gasteiger partial charge in [0.15, 0.2) is 11.5 Å². The molecule has 0 unspecified atom stereocenters. The summed E-state index contributed by atoms with van der Waals surface area (Å²) in [4.78, 5) is 43.3. The molecule has 9 rings (SSSR count). The van der Waals surface area contributed by atoms with E-state index in [0.29, 0.717) is 50.9 Å². The summed E-state index contributed by atoms with van der Waals surface area (Å²) in [7, 11) is 3.37. The number of methoxy groups -OCH3 is 1. The van der Waals surface area contributed by atoms with E-state index in [1.807, 2.05) is 36.4 Å². The molecular formula is C53H59ClN8O6. The highest BCUT2D eigenvalue weighted by Gasteiger charge is 2.64. The molecule has 3 N–H and O–H groups in total. The van der Waals surface area contributed by atoms with E-state index in [-0.39, 0.29) is 29.3 Å². The number of H-pyrrole nitrogens is 1. The van der Waals surface area contributed by atoms with E-state index in [0.717, 1.165) is 79.0 Å². The Morgan fingerprint density at radius 1 is 0.941 bits per heavy atom. The van der Waals surface area contributed by atoms with E-state index in [9.17, 15) is 20.0 Å². The number of nitrogens with one attached hydrogen (secondary N) is 2. The Hall–Kier alpha value is -6.56. The first-order valence-electron chi connectivity index (χ1n) is 23.2. The zero-order valence-corrected chi connectivity index (χ0v) is 40.6. The van der Waals surface area contributed by atoms with Crippen LogP contribution in [-0.4, -0.2) is 76.0 Å². The number of aliphatic hydroxyl groups is 1. The number of rotatable bonds is 13. The first kappa shape index (κ1) is 46.5. The highest BCUT2D eigenvalue weighted by Crippen LogP contribution is 2.56. The maximum atomic E-state index is 13.5. The third kappa shape index (κ3) is 8.74. The Kier molecular flexibility index (Phi) is 12.2. The Bertz CT molecular complexity index is 2960. The van der Waals surface area contributed by atoms with Gasteiger partial charge in [-0.25, -0.2) is 9.97 Å². The van der Waals surface area contributed by atoms with Gasteiger partial charge >= 0.3 is 0 Å². The van der Waals surface area contributed by atoms with E-state index >= 15 is 0 Å². The van der Waals surface area contributed by atoms with Crippen molar-refractivity contribution in [3.05, 3.63) is 118 Å². The number of hydrogen-bond donors (Lipinski definition) is 3. The van der Waals surface area contributed by atoms with Gasteiger partial charge in [0.25, 0.3) is 11.5 Å². The Morgan fingerprint density at radius 3 is 2.34 bits per heavy atom. The SMILES string of the molecule is COc1cc(N2CC(CC3CCN(c4cnc(C(=O)NC5C(C)(C)C(Oc6ccc(C#N)c(Cl)c6)C5(C)C)cn4)CC3)C2)ccc1Oc1ccc(C(C)(C)O)cc1-c1cn(C)c(=O)c2[nH]ccc12. The predicted molar refractivity (Wildman–Crippen MR) is 264 cm³/mol. The van der Waals surface area contributed by atoms with Gasteiger partial charge < -0.3 is 44.0 Å². The minimum absolute atomic E-state index is 0.126. The van der Waals surface area contributed by atoms with Crippen molar-refractivity contribution < 1.29 is 24.1 Å². The fraction of sp³-hybridized carbons (Fsp3) is 0.415. The predicted octanol–water partition coefficient (Wildman–Crippen LogP) is 9.23. The molecule has 1 amide bonds. The standard InChI is InChI=1S/C53H59ClN8O6/c1-51(2)49(52(3,4)50(51)67-36-12-9-33(25-55)40(54)24-36)59-47(63)41-26-58-45(27-57-41)61-19-16-31(17-20-61)21-32-28-62(29-32)35-11-14-43(44(23-35)66-8)68-42-13-10-34(53(5,6)65)22-38(42)39-30-60(7)48(64)46-37(39)15-18-56-46/h9-15,18,22-24,26-27,30-32,49-50,56,65H,16-17,19-21,28-29H2,1-8H3,(H,59,63). The Labute approximate surface area is 401 Å². The molecule has 3 aromatic heterocycles. The largest absolute Gasteiger partial charge is 0.493 e. The fourth-order valence-corrected chi connectivity index (χ4v) is 11.2. The van der Waals surface area contributed by atoms with Crippen molar-refractivity contribution in [3.63, 3.8) is 0 Å². The number of aromatic nitrogens is 4. The second-order valence-electron chi connectivity index (χ2n) is 20.4. The van der Waals surface area contributed by atoms with Crippen molar-refractivity contribution in [3.8, 4) is 40.2 Å². The molecule has 5 heterocycles. The van der Waals surface area contributed by atoms with Gasteiger partial charge in [-0.05, 0) is 93.0 Å². The third-order valence-electron chi connectivity index (χ3n) is 14.5. The monoisotopic (exact) mass is 938 g/mol. The lowest BCUT2D eigenvalue weighted by molar-refractivity contribution is -0.164. The van der Waals surface area contributed by atoms with Crippen LogP contribution in [0.15, 0.2) is 90.2 Å². The van der Waals surface area contributed by atoms with E-state index in [2.05, 4.69) is 69.9 Å². The molecule has 15 heteroatoms. The minimum atomic E-state index is -1.09. The Balaban J connectivity index is 0.770. The summed E-state index contributed by atoms with van der Waals surface area (Å²) in [5, 5.41) is 24.5. The zero-order chi connectivity index (χ0) is 48.3. The highest BCUT2D eigenvalue weighted by molar-refractivity contribution is 6.31. The summed E-state index contributed by atoms with van der Waals surface area (Å²) in [5.41, 5.74) is 2.50. The van der Waals surface area contributed by atoms with Crippen LogP contribution in [0.4, 0.5) is 11.5 Å². The molecule has 3 aromatic carbocycles. The summed E-state index contributed by atoms with van der Waals surface area (Å²) in [5.74, 6) is 4.05. The average Bonchev–Trinajstić information content (AvgIpc) is 3.80. The molecule has 3 aliphatic rings. The van der Waals surface area contributed by atoms with Crippen LogP contribution in [0, 0.1) is 34.0 Å². The second-order valence-corrected chi connectivity index (χ2v) is 20.8. The number of piperidine rings is 1. The number of ether oxygens (including phenoxy) is 3. The number of amides is 1. The molecule has 3 fully saturated rings. The van der Waals surface area contributed by atoms with Crippen molar-refractivity contribution in [2.45, 2.75) is 78.6 Å². The van der Waals surface area contributed by atoms with Crippen LogP contribution in [0.25, 0.3) is 22.0 Å². The van der Waals surface area contributed by atoms with Crippen molar-refractivity contribution in [1.29, 1.82) is 5.26 Å². The molecule has 0 bridgehead atoms. The van der Waals surface area contributed by atoms with Gasteiger partial charge in [0, 0.05) is 96.8 Å². The van der Waals surface area contributed by atoms with Crippen LogP contribution in [0.5, 0.6) is 23.0 Å². The maximum absolute atomic E-state index is 13.5. The van der Waals surface area contributed by atoms with Gasteiger partial charge in [-0.3, -0.25) is 9.59 Å². The lowest BCUT2D eigenvalue weighted by Gasteiger charge is -2.63. The van der Waals surface area contributed by atoms with E-state index < -0.39 is 16.4 Å². The van der Waals surface area contributed by atoms with Crippen molar-refractivity contribution in [2.24, 2.45) is 29.7 Å². The lowest BCUT2D eigenvalue weighted by Crippen LogP contribution is -2.74. The summed E-state index contributed by atoms with van der Waals surface area (Å²) in [6.45, 7) is 15.5. The molecule has 14 nitrogen and oxygen atoms in total. The smallest absolute Gasteiger partial charge is 0.274 e. The summed E-state index contributed by atoms with van der Waals surface area (Å²) in [6.07, 6.45) is 9.93. The molecular weight excluding hydrogens is 880 g/mol.